The first-order valence-electron chi connectivity index (χ1n) is 8.44. The predicted molar refractivity (Wildman–Crippen MR) is 102 cm³/mol. The van der Waals surface area contributed by atoms with Crippen molar-refractivity contribution in [1.29, 1.82) is 5.26 Å². The highest BCUT2D eigenvalue weighted by Gasteiger charge is 2.29. The van der Waals surface area contributed by atoms with Crippen LogP contribution in [-0.2, 0) is 10.3 Å². The number of hydrogen-bond acceptors (Lipinski definition) is 6. The number of allylic oxidation sites excluding steroid dienone is 1. The van der Waals surface area contributed by atoms with Crippen LogP contribution >= 0.6 is 0 Å². The van der Waals surface area contributed by atoms with Crippen molar-refractivity contribution in [3.8, 4) is 6.07 Å². The van der Waals surface area contributed by atoms with E-state index in [0.717, 1.165) is 0 Å². The van der Waals surface area contributed by atoms with Crippen LogP contribution in [0, 0.1) is 18.3 Å². The number of aryl methyl sites for hydroxylation is 1. The summed E-state index contributed by atoms with van der Waals surface area (Å²) in [6, 6.07) is 10.5. The maximum Gasteiger partial charge on any atom is 0.288 e. The number of nitrogens with two attached hydrogens (primary N) is 1. The number of anilines is 1. The molecule has 7 nitrogen and oxygen atoms in total. The number of nitriles is 1. The third kappa shape index (κ3) is 3.83. The SMILES string of the molecule is Cc1cc(C#N)cnc1C(=O)Nc1cccc([C@]2(C)C=C(CF)OC(N)=N2)c1. The minimum absolute atomic E-state index is 0.0850. The van der Waals surface area contributed by atoms with Gasteiger partial charge in [-0.1, -0.05) is 12.1 Å². The van der Waals surface area contributed by atoms with E-state index < -0.39 is 18.1 Å². The number of halogens is 1. The summed E-state index contributed by atoms with van der Waals surface area (Å²) in [5.41, 5.74) is 7.17. The first-order valence-corrected chi connectivity index (χ1v) is 8.44. The van der Waals surface area contributed by atoms with E-state index in [-0.39, 0.29) is 17.5 Å². The Bertz CT molecular complexity index is 1040. The Morgan fingerprint density at radius 3 is 2.89 bits per heavy atom. The highest BCUT2D eigenvalue weighted by Crippen LogP contribution is 2.33. The van der Waals surface area contributed by atoms with E-state index in [2.05, 4.69) is 15.3 Å². The maximum atomic E-state index is 13.1. The molecule has 0 fully saturated rings. The third-order valence-electron chi connectivity index (χ3n) is 4.28. The molecule has 0 radical (unpaired) electrons. The van der Waals surface area contributed by atoms with Gasteiger partial charge in [0.05, 0.1) is 5.56 Å². The fourth-order valence-corrected chi connectivity index (χ4v) is 2.95. The number of nitrogens with zero attached hydrogens (tertiary/aromatic N) is 3. The van der Waals surface area contributed by atoms with Crippen molar-refractivity contribution >= 4 is 17.6 Å². The number of aliphatic imine (C=N–C) groups is 1. The van der Waals surface area contributed by atoms with Crippen LogP contribution in [0.15, 0.2) is 53.4 Å². The molecule has 0 unspecified atom stereocenters. The fourth-order valence-electron chi connectivity index (χ4n) is 2.95. The van der Waals surface area contributed by atoms with Crippen molar-refractivity contribution in [2.75, 3.05) is 12.0 Å². The monoisotopic (exact) mass is 379 g/mol. The van der Waals surface area contributed by atoms with Crippen molar-refractivity contribution in [3.63, 3.8) is 0 Å². The molecule has 0 saturated heterocycles. The Hall–Kier alpha value is -3.73. The number of amidine groups is 1. The molecule has 28 heavy (non-hydrogen) atoms. The number of amides is 1. The molecule has 1 aromatic heterocycles. The fraction of sp³-hybridized carbons (Fsp3) is 0.200. The summed E-state index contributed by atoms with van der Waals surface area (Å²) >= 11 is 0. The van der Waals surface area contributed by atoms with Gasteiger partial charge in [0.2, 0.25) is 0 Å². The molecule has 3 N–H and O–H groups in total. The summed E-state index contributed by atoms with van der Waals surface area (Å²) in [7, 11) is 0. The van der Waals surface area contributed by atoms with Gasteiger partial charge in [0.15, 0.2) is 0 Å². The van der Waals surface area contributed by atoms with Gasteiger partial charge in [0, 0.05) is 11.9 Å². The lowest BCUT2D eigenvalue weighted by Gasteiger charge is -2.27. The van der Waals surface area contributed by atoms with Crippen LogP contribution in [-0.4, -0.2) is 23.6 Å². The Kier molecular flexibility index (Phi) is 5.09. The van der Waals surface area contributed by atoms with Gasteiger partial charge in [-0.3, -0.25) is 4.79 Å². The molecule has 2 aromatic rings. The van der Waals surface area contributed by atoms with Gasteiger partial charge in [-0.2, -0.15) is 5.26 Å². The summed E-state index contributed by atoms with van der Waals surface area (Å²) < 4.78 is 18.1. The second-order valence-electron chi connectivity index (χ2n) is 6.48. The lowest BCUT2D eigenvalue weighted by molar-refractivity contribution is 0.102. The summed E-state index contributed by atoms with van der Waals surface area (Å²) in [5.74, 6) is -0.318. The smallest absolute Gasteiger partial charge is 0.288 e. The quantitative estimate of drug-likeness (QED) is 0.848. The molecule has 8 heteroatoms. The van der Waals surface area contributed by atoms with E-state index in [1.807, 2.05) is 6.07 Å². The summed E-state index contributed by atoms with van der Waals surface area (Å²) in [5, 5.41) is 11.7. The third-order valence-corrected chi connectivity index (χ3v) is 4.28. The molecule has 1 aliphatic rings. The van der Waals surface area contributed by atoms with E-state index in [4.69, 9.17) is 15.7 Å². The molecular weight excluding hydrogens is 361 g/mol. The number of pyridine rings is 1. The average molecular weight is 379 g/mol. The zero-order valence-corrected chi connectivity index (χ0v) is 15.4. The van der Waals surface area contributed by atoms with E-state index in [9.17, 15) is 9.18 Å². The number of rotatable bonds is 4. The van der Waals surface area contributed by atoms with E-state index in [1.54, 1.807) is 50.3 Å². The van der Waals surface area contributed by atoms with Gasteiger partial charge < -0.3 is 15.8 Å². The second kappa shape index (κ2) is 7.48. The average Bonchev–Trinajstić information content (AvgIpc) is 2.67. The number of hydrogen-bond donors (Lipinski definition) is 2. The molecule has 1 aliphatic heterocycles. The van der Waals surface area contributed by atoms with Crippen LogP contribution in [0.4, 0.5) is 10.1 Å². The highest BCUT2D eigenvalue weighted by atomic mass is 19.1. The minimum atomic E-state index is -0.924. The number of carbonyl (C=O) groups excluding carboxylic acids is 1. The summed E-state index contributed by atoms with van der Waals surface area (Å²) in [4.78, 5) is 20.9. The minimum Gasteiger partial charge on any atom is -0.428 e. The zero-order valence-electron chi connectivity index (χ0n) is 15.4. The second-order valence-corrected chi connectivity index (χ2v) is 6.48. The Labute approximate surface area is 161 Å². The van der Waals surface area contributed by atoms with Gasteiger partial charge in [0.25, 0.3) is 11.9 Å². The van der Waals surface area contributed by atoms with Crippen LogP contribution < -0.4 is 11.1 Å². The Balaban J connectivity index is 1.88. The van der Waals surface area contributed by atoms with Crippen molar-refractivity contribution in [2.45, 2.75) is 19.4 Å². The number of ether oxygens (including phenoxy) is 1. The number of nitrogens with one attached hydrogen (secondary N) is 1. The van der Waals surface area contributed by atoms with Gasteiger partial charge in [-0.15, -0.1) is 0 Å². The molecule has 0 saturated carbocycles. The van der Waals surface area contributed by atoms with Crippen LogP contribution in [0.2, 0.25) is 0 Å². The van der Waals surface area contributed by atoms with Crippen LogP contribution in [0.1, 0.15) is 34.1 Å². The molecule has 0 spiro atoms. The number of carbonyl (C=O) groups is 1. The largest absolute Gasteiger partial charge is 0.428 e. The Morgan fingerprint density at radius 2 is 2.21 bits per heavy atom. The maximum absolute atomic E-state index is 13.1. The van der Waals surface area contributed by atoms with Crippen LogP contribution in [0.3, 0.4) is 0 Å². The van der Waals surface area contributed by atoms with Crippen molar-refractivity contribution in [1.82, 2.24) is 4.98 Å². The Morgan fingerprint density at radius 1 is 1.43 bits per heavy atom. The summed E-state index contributed by atoms with van der Waals surface area (Å²) in [6.45, 7) is 2.68. The topological polar surface area (TPSA) is 113 Å². The molecule has 142 valence electrons. The van der Waals surface area contributed by atoms with Crippen LogP contribution in [0.25, 0.3) is 0 Å². The van der Waals surface area contributed by atoms with E-state index in [0.29, 0.717) is 22.4 Å². The van der Waals surface area contributed by atoms with Crippen molar-refractivity contribution in [2.24, 2.45) is 10.7 Å². The molecule has 1 atom stereocenters. The standard InChI is InChI=1S/C20H18FN5O2/c1-12-6-13(10-22)11-24-17(12)18(27)25-15-5-3-4-14(7-15)20(2)8-16(9-21)28-19(23)26-20/h3-8,11H,9H2,1-2H3,(H2,23,26)(H,25,27)/t20-/m0/s1. The molecule has 0 aliphatic carbocycles. The molecule has 3 rings (SSSR count). The lowest BCUT2D eigenvalue weighted by Crippen LogP contribution is -2.30. The predicted octanol–water partition coefficient (Wildman–Crippen LogP) is 2.93. The zero-order chi connectivity index (χ0) is 20.3. The van der Waals surface area contributed by atoms with Crippen LogP contribution in [0.5, 0.6) is 0 Å². The number of benzene rings is 1. The van der Waals surface area contributed by atoms with Crippen molar-refractivity contribution in [3.05, 3.63) is 70.7 Å². The molecule has 0 bridgehead atoms. The normalized spacial score (nSPS) is 18.4. The number of aromatic nitrogens is 1. The first-order chi connectivity index (χ1) is 13.3. The highest BCUT2D eigenvalue weighted by molar-refractivity contribution is 6.03. The molecular formula is C20H18FN5O2. The molecule has 1 amide bonds. The molecule has 2 heterocycles. The van der Waals surface area contributed by atoms with E-state index >= 15 is 0 Å². The van der Waals surface area contributed by atoms with Gasteiger partial charge in [-0.05, 0) is 49.2 Å². The van der Waals surface area contributed by atoms with Gasteiger partial charge >= 0.3 is 0 Å². The number of alkyl halides is 1. The lowest BCUT2D eigenvalue weighted by atomic mass is 9.91. The molecule has 1 aromatic carbocycles. The van der Waals surface area contributed by atoms with Gasteiger partial charge in [-0.25, -0.2) is 14.4 Å². The van der Waals surface area contributed by atoms with E-state index in [1.165, 1.54) is 6.20 Å². The van der Waals surface area contributed by atoms with Crippen molar-refractivity contribution < 1.29 is 13.9 Å². The van der Waals surface area contributed by atoms with Gasteiger partial charge in [0.1, 0.15) is 29.7 Å². The first kappa shape index (κ1) is 19.0. The summed E-state index contributed by atoms with van der Waals surface area (Å²) in [6.07, 6.45) is 2.90.